The molecule has 4 aromatic rings. The van der Waals surface area contributed by atoms with E-state index in [0.29, 0.717) is 26.4 Å². The van der Waals surface area contributed by atoms with Crippen molar-refractivity contribution >= 4 is 35.0 Å². The standard InChI is InChI=1S/C40H44B2O4.2C4H10O2.2Li/c1-37(2)38(3,4)44-41(43-37)33(29-21-13-9-14-22-29)35(31-25-17-11-18-26-31)42(45-39(5,6)40(7,8)46-42)36(32-27-19-12-20-28-32)34(41)30-23-15-10-16-24-30;2*1-5-3-4-6-2;;/h9-28H,1-8H3;2*3-4H2,1-2H3;;/q-2;;;2*+1. The predicted molar refractivity (Wildman–Crippen MR) is 239 cm³/mol. The molecule has 4 aromatic carbocycles. The third-order valence-electron chi connectivity index (χ3n) is 12.2. The van der Waals surface area contributed by atoms with Crippen molar-refractivity contribution in [1.29, 1.82) is 0 Å². The molecule has 60 heavy (non-hydrogen) atoms. The Morgan fingerprint density at radius 2 is 0.500 bits per heavy atom. The first-order valence-corrected chi connectivity index (χ1v) is 20.3. The van der Waals surface area contributed by atoms with Gasteiger partial charge in [0.1, 0.15) is 0 Å². The van der Waals surface area contributed by atoms with Crippen LogP contribution in [0.3, 0.4) is 0 Å². The molecular weight excluding hydrogens is 740 g/mol. The molecule has 8 nitrogen and oxygen atoms in total. The van der Waals surface area contributed by atoms with Crippen LogP contribution in [-0.2, 0) is 37.6 Å². The molecule has 0 atom stereocenters. The molecular formula is C48H64B2Li2O8. The average molecular weight is 805 g/mol. The Bertz CT molecular complexity index is 1700. The molecule has 7 rings (SSSR count). The summed E-state index contributed by atoms with van der Waals surface area (Å²) in [6, 6.07) is 42.2. The zero-order valence-corrected chi connectivity index (χ0v) is 38.8. The minimum absolute atomic E-state index is 0. The average Bonchev–Trinajstić information content (AvgIpc) is 3.53. The fourth-order valence-electron chi connectivity index (χ4n) is 8.16. The fraction of sp³-hybridized carbons (Fsp3) is 0.417. The largest absolute Gasteiger partial charge is 1.00 e. The van der Waals surface area contributed by atoms with Crippen LogP contribution in [0.15, 0.2) is 121 Å². The van der Waals surface area contributed by atoms with Gasteiger partial charge in [0.05, 0.1) is 26.4 Å². The SMILES string of the molecule is CC1(C)O[B-]2(OC1(C)C)C(c1ccccc1)=C(c1ccccc1)[B-]1(OC(C)(C)C(C)(C)O1)C(c1ccccc1)=C2c1ccccc1.COCCOC.COCCOC.[Li+].[Li+]. The molecule has 3 heterocycles. The molecule has 2 spiro atoms. The van der Waals surface area contributed by atoms with Crippen LogP contribution < -0.4 is 37.7 Å². The summed E-state index contributed by atoms with van der Waals surface area (Å²) in [4.78, 5) is 0. The van der Waals surface area contributed by atoms with Crippen molar-refractivity contribution in [1.82, 2.24) is 0 Å². The number of rotatable bonds is 10. The van der Waals surface area contributed by atoms with Crippen molar-refractivity contribution in [2.24, 2.45) is 0 Å². The summed E-state index contributed by atoms with van der Waals surface area (Å²) in [5.41, 5.74) is 5.42. The molecule has 312 valence electrons. The summed E-state index contributed by atoms with van der Waals surface area (Å²) in [7, 11) is 6.61. The van der Waals surface area contributed by atoms with E-state index in [1.807, 2.05) is 0 Å². The number of methoxy groups -OCH3 is 4. The van der Waals surface area contributed by atoms with Gasteiger partial charge in [0.15, 0.2) is 0 Å². The van der Waals surface area contributed by atoms with Gasteiger partial charge >= 0.3 is 37.7 Å². The van der Waals surface area contributed by atoms with Crippen LogP contribution in [0.5, 0.6) is 0 Å². The van der Waals surface area contributed by atoms with Gasteiger partial charge in [-0.15, -0.1) is 0 Å². The van der Waals surface area contributed by atoms with Crippen LogP contribution in [-0.4, -0.2) is 90.4 Å². The molecule has 0 N–H and O–H groups in total. The Kier molecular flexibility index (Phi) is 18.6. The Morgan fingerprint density at radius 3 is 0.650 bits per heavy atom. The monoisotopic (exact) mass is 805 g/mol. The number of benzene rings is 4. The van der Waals surface area contributed by atoms with Crippen molar-refractivity contribution in [3.05, 3.63) is 144 Å². The van der Waals surface area contributed by atoms with E-state index in [1.54, 1.807) is 28.4 Å². The zero-order valence-electron chi connectivity index (χ0n) is 38.8. The third kappa shape index (κ3) is 10.4. The van der Waals surface area contributed by atoms with E-state index in [0.717, 1.165) is 44.1 Å². The molecule has 3 aliphatic rings. The van der Waals surface area contributed by atoms with E-state index in [9.17, 15) is 0 Å². The summed E-state index contributed by atoms with van der Waals surface area (Å²) in [6.07, 6.45) is 0. The Labute approximate surface area is 384 Å². The van der Waals surface area contributed by atoms with Gasteiger partial charge in [-0.05, 0) is 55.4 Å². The number of hydrogen-bond acceptors (Lipinski definition) is 8. The number of hydrogen-bond donors (Lipinski definition) is 0. The van der Waals surface area contributed by atoms with Crippen LogP contribution in [0.4, 0.5) is 0 Å². The molecule has 2 saturated heterocycles. The summed E-state index contributed by atoms with van der Waals surface area (Å²) < 4.78 is 48.9. The Morgan fingerprint density at radius 1 is 0.333 bits per heavy atom. The van der Waals surface area contributed by atoms with E-state index < -0.39 is 35.5 Å². The van der Waals surface area contributed by atoms with E-state index in [2.05, 4.69) is 196 Å². The van der Waals surface area contributed by atoms with E-state index >= 15 is 0 Å². The topological polar surface area (TPSA) is 73.8 Å². The predicted octanol–water partition coefficient (Wildman–Crippen LogP) is 4.04. The molecule has 0 aliphatic carbocycles. The van der Waals surface area contributed by atoms with Gasteiger partial charge < -0.3 is 37.6 Å². The Hall–Kier alpha value is -2.64. The molecule has 2 fully saturated rings. The molecule has 0 bridgehead atoms. The second-order valence-electron chi connectivity index (χ2n) is 17.0. The first-order chi connectivity index (χ1) is 27.6. The van der Waals surface area contributed by atoms with Gasteiger partial charge in [0.2, 0.25) is 0 Å². The third-order valence-corrected chi connectivity index (χ3v) is 12.2. The maximum Gasteiger partial charge on any atom is 1.00 e. The van der Waals surface area contributed by atoms with Gasteiger partial charge in [-0.25, -0.2) is 0 Å². The van der Waals surface area contributed by atoms with Crippen LogP contribution in [0.1, 0.15) is 77.6 Å². The van der Waals surface area contributed by atoms with Crippen molar-refractivity contribution in [3.63, 3.8) is 0 Å². The second kappa shape index (κ2) is 21.6. The van der Waals surface area contributed by atoms with Crippen LogP contribution in [0.25, 0.3) is 21.9 Å². The quantitative estimate of drug-likeness (QED) is 0.176. The molecule has 0 saturated carbocycles. The molecule has 0 aromatic heterocycles. The van der Waals surface area contributed by atoms with Crippen molar-refractivity contribution < 1.29 is 75.3 Å². The number of ether oxygens (including phenoxy) is 4. The van der Waals surface area contributed by atoms with Crippen LogP contribution in [0, 0.1) is 0 Å². The second-order valence-corrected chi connectivity index (χ2v) is 17.0. The maximum atomic E-state index is 7.56. The van der Waals surface area contributed by atoms with E-state index in [-0.39, 0.29) is 37.7 Å². The molecule has 3 aliphatic heterocycles. The van der Waals surface area contributed by atoms with Crippen molar-refractivity contribution in [2.75, 3.05) is 54.9 Å². The Balaban J connectivity index is 0.000000604. The minimum Gasteiger partial charge on any atom is -0.554 e. The summed E-state index contributed by atoms with van der Waals surface area (Å²) in [5, 5.41) is 0. The first kappa shape index (κ1) is 51.7. The maximum absolute atomic E-state index is 7.56. The molecule has 0 radical (unpaired) electrons. The van der Waals surface area contributed by atoms with Crippen LogP contribution >= 0.6 is 0 Å². The summed E-state index contributed by atoms with van der Waals surface area (Å²) in [5.74, 6) is 0. The van der Waals surface area contributed by atoms with Crippen molar-refractivity contribution in [3.8, 4) is 0 Å². The molecule has 0 unspecified atom stereocenters. The smallest absolute Gasteiger partial charge is 0.554 e. The van der Waals surface area contributed by atoms with E-state index in [1.165, 1.54) is 0 Å². The molecule has 0 amide bonds. The molecule has 12 heteroatoms. The zero-order chi connectivity index (χ0) is 42.2. The summed E-state index contributed by atoms with van der Waals surface area (Å²) in [6.45, 7) is 15.2. The van der Waals surface area contributed by atoms with Crippen LogP contribution in [0.2, 0.25) is 0 Å². The van der Waals surface area contributed by atoms with Gasteiger partial charge in [0, 0.05) is 50.8 Å². The minimum atomic E-state index is -2.34. The van der Waals surface area contributed by atoms with Crippen molar-refractivity contribution in [2.45, 2.75) is 77.8 Å². The summed E-state index contributed by atoms with van der Waals surface area (Å²) >= 11 is 0. The fourth-order valence-corrected chi connectivity index (χ4v) is 8.16. The van der Waals surface area contributed by atoms with Gasteiger partial charge in [-0.3, -0.25) is 0 Å². The van der Waals surface area contributed by atoms with E-state index in [4.69, 9.17) is 18.6 Å². The van der Waals surface area contributed by atoms with Gasteiger partial charge in [-0.2, -0.15) is 21.9 Å². The van der Waals surface area contributed by atoms with Gasteiger partial charge in [0.25, 0.3) is 13.1 Å². The first-order valence-electron chi connectivity index (χ1n) is 20.3. The van der Waals surface area contributed by atoms with Gasteiger partial charge in [-0.1, -0.05) is 144 Å². The normalized spacial score (nSPS) is 19.7.